The van der Waals surface area contributed by atoms with E-state index in [1.54, 1.807) is 13.1 Å². The minimum Gasteiger partial charge on any atom is -0.466 e. The van der Waals surface area contributed by atoms with Gasteiger partial charge in [0, 0.05) is 13.1 Å². The Morgan fingerprint density at radius 3 is 2.89 bits per heavy atom. The summed E-state index contributed by atoms with van der Waals surface area (Å²) >= 11 is 0. The van der Waals surface area contributed by atoms with E-state index in [-0.39, 0.29) is 12.5 Å². The first-order valence-corrected chi connectivity index (χ1v) is 5.45. The van der Waals surface area contributed by atoms with Gasteiger partial charge in [-0.2, -0.15) is 0 Å². The zero-order valence-corrected chi connectivity index (χ0v) is 10.5. The summed E-state index contributed by atoms with van der Waals surface area (Å²) in [5, 5.41) is 4.07. The van der Waals surface area contributed by atoms with Crippen LogP contribution in [0.15, 0.2) is 24.4 Å². The topological polar surface area (TPSA) is 66.2 Å². The molecule has 0 aliphatic rings. The number of carbonyl (C=O) groups is 1. The third kappa shape index (κ3) is 3.06. The molecule has 0 unspecified atom stereocenters. The van der Waals surface area contributed by atoms with E-state index in [2.05, 4.69) is 14.8 Å². The Hall–Kier alpha value is -2.44. The molecule has 2 aromatic rings. The number of pyridine rings is 1. The lowest BCUT2D eigenvalue weighted by Gasteiger charge is -1.99. The van der Waals surface area contributed by atoms with Crippen molar-refractivity contribution in [3.63, 3.8) is 0 Å². The molecule has 0 bridgehead atoms. The highest BCUT2D eigenvalue weighted by Gasteiger charge is 2.11. The number of rotatable bonds is 4. The SMILES string of the molecule is COC(=O)COc1cc(-c2ccc(F)cn2)n(C)n1. The van der Waals surface area contributed by atoms with Crippen LogP contribution in [0.1, 0.15) is 0 Å². The summed E-state index contributed by atoms with van der Waals surface area (Å²) in [4.78, 5) is 14.9. The second-order valence-electron chi connectivity index (χ2n) is 3.72. The molecule has 0 aromatic carbocycles. The van der Waals surface area contributed by atoms with Gasteiger partial charge >= 0.3 is 5.97 Å². The molecule has 0 atom stereocenters. The smallest absolute Gasteiger partial charge is 0.343 e. The number of hydrogen-bond acceptors (Lipinski definition) is 5. The number of ether oxygens (including phenoxy) is 2. The first kappa shape index (κ1) is 13.0. The van der Waals surface area contributed by atoms with E-state index < -0.39 is 11.8 Å². The van der Waals surface area contributed by atoms with Gasteiger partial charge in [0.2, 0.25) is 5.88 Å². The Morgan fingerprint density at radius 2 is 2.26 bits per heavy atom. The largest absolute Gasteiger partial charge is 0.466 e. The fourth-order valence-electron chi connectivity index (χ4n) is 1.47. The van der Waals surface area contributed by atoms with Gasteiger partial charge in [0.15, 0.2) is 6.61 Å². The van der Waals surface area contributed by atoms with E-state index in [1.165, 1.54) is 23.9 Å². The van der Waals surface area contributed by atoms with Gasteiger partial charge < -0.3 is 9.47 Å². The molecule has 2 heterocycles. The van der Waals surface area contributed by atoms with Gasteiger partial charge in [-0.1, -0.05) is 0 Å². The van der Waals surface area contributed by atoms with E-state index in [0.29, 0.717) is 11.4 Å². The number of aryl methyl sites for hydroxylation is 1. The zero-order valence-electron chi connectivity index (χ0n) is 10.5. The van der Waals surface area contributed by atoms with Crippen LogP contribution in [0, 0.1) is 5.82 Å². The second kappa shape index (κ2) is 5.47. The van der Waals surface area contributed by atoms with Gasteiger partial charge in [-0.3, -0.25) is 9.67 Å². The molecule has 19 heavy (non-hydrogen) atoms. The Kier molecular flexibility index (Phi) is 3.74. The van der Waals surface area contributed by atoms with Crippen LogP contribution in [0.25, 0.3) is 11.4 Å². The fraction of sp³-hybridized carbons (Fsp3) is 0.250. The summed E-state index contributed by atoms with van der Waals surface area (Å²) in [6.45, 7) is -0.218. The molecule has 0 saturated carbocycles. The summed E-state index contributed by atoms with van der Waals surface area (Å²) in [6, 6.07) is 4.46. The molecule has 0 spiro atoms. The highest BCUT2D eigenvalue weighted by Crippen LogP contribution is 2.21. The van der Waals surface area contributed by atoms with Gasteiger partial charge in [0.1, 0.15) is 5.82 Å². The fourth-order valence-corrected chi connectivity index (χ4v) is 1.47. The van der Waals surface area contributed by atoms with Gasteiger partial charge in [0.05, 0.1) is 24.7 Å². The molecule has 0 radical (unpaired) electrons. The lowest BCUT2D eigenvalue weighted by atomic mass is 10.3. The van der Waals surface area contributed by atoms with Crippen molar-refractivity contribution in [2.45, 2.75) is 0 Å². The van der Waals surface area contributed by atoms with Crippen molar-refractivity contribution < 1.29 is 18.7 Å². The number of esters is 1. The lowest BCUT2D eigenvalue weighted by Crippen LogP contribution is -2.12. The quantitative estimate of drug-likeness (QED) is 0.776. The third-order valence-corrected chi connectivity index (χ3v) is 2.41. The van der Waals surface area contributed by atoms with Gasteiger partial charge in [-0.25, -0.2) is 9.18 Å². The summed E-state index contributed by atoms with van der Waals surface area (Å²) in [6.07, 6.45) is 1.12. The van der Waals surface area contributed by atoms with Crippen molar-refractivity contribution in [2.75, 3.05) is 13.7 Å². The number of nitrogens with zero attached hydrogens (tertiary/aromatic N) is 3. The number of aromatic nitrogens is 3. The van der Waals surface area contributed by atoms with Crippen molar-refractivity contribution in [1.29, 1.82) is 0 Å². The average Bonchev–Trinajstić information content (AvgIpc) is 2.78. The molecule has 0 saturated heterocycles. The minimum absolute atomic E-state index is 0.218. The van der Waals surface area contributed by atoms with Crippen LogP contribution in [0.3, 0.4) is 0 Å². The van der Waals surface area contributed by atoms with E-state index >= 15 is 0 Å². The number of carbonyl (C=O) groups excluding carboxylic acids is 1. The summed E-state index contributed by atoms with van der Waals surface area (Å²) in [5.74, 6) is -0.630. The molecule has 0 aliphatic carbocycles. The Morgan fingerprint density at radius 1 is 1.47 bits per heavy atom. The Bertz CT molecular complexity index is 580. The molecule has 6 nitrogen and oxygen atoms in total. The first-order valence-electron chi connectivity index (χ1n) is 5.45. The number of methoxy groups -OCH3 is 1. The second-order valence-corrected chi connectivity index (χ2v) is 3.72. The molecule has 0 fully saturated rings. The van der Waals surface area contributed by atoms with Gasteiger partial charge in [-0.15, -0.1) is 5.10 Å². The van der Waals surface area contributed by atoms with Crippen LogP contribution in [0.4, 0.5) is 4.39 Å². The van der Waals surface area contributed by atoms with Crippen LogP contribution in [-0.4, -0.2) is 34.5 Å². The van der Waals surface area contributed by atoms with E-state index in [0.717, 1.165) is 6.20 Å². The van der Waals surface area contributed by atoms with E-state index in [9.17, 15) is 9.18 Å². The first-order chi connectivity index (χ1) is 9.10. The molecule has 7 heteroatoms. The summed E-state index contributed by atoms with van der Waals surface area (Å²) < 4.78 is 23.9. The maximum atomic E-state index is 12.8. The standard InChI is InChI=1S/C12H12FN3O3/c1-16-10(9-4-3-8(13)6-14-9)5-11(15-16)19-7-12(17)18-2/h3-6H,7H2,1-2H3. The van der Waals surface area contributed by atoms with Gasteiger partial charge in [-0.05, 0) is 12.1 Å². The Labute approximate surface area is 108 Å². The van der Waals surface area contributed by atoms with E-state index in [4.69, 9.17) is 4.74 Å². The molecular weight excluding hydrogens is 253 g/mol. The molecule has 2 rings (SSSR count). The van der Waals surface area contributed by atoms with Crippen LogP contribution in [-0.2, 0) is 16.6 Å². The van der Waals surface area contributed by atoms with Crippen molar-refractivity contribution in [3.05, 3.63) is 30.2 Å². The monoisotopic (exact) mass is 265 g/mol. The molecule has 0 N–H and O–H groups in total. The highest BCUT2D eigenvalue weighted by molar-refractivity contribution is 5.70. The molecule has 2 aromatic heterocycles. The van der Waals surface area contributed by atoms with Crippen LogP contribution in [0.2, 0.25) is 0 Å². The molecule has 0 aliphatic heterocycles. The third-order valence-electron chi connectivity index (χ3n) is 2.41. The number of halogens is 1. The van der Waals surface area contributed by atoms with Crippen molar-refractivity contribution in [2.24, 2.45) is 7.05 Å². The predicted octanol–water partition coefficient (Wildman–Crippen LogP) is 1.17. The molecular formula is C12H12FN3O3. The Balaban J connectivity index is 2.16. The average molecular weight is 265 g/mol. The molecule has 100 valence electrons. The maximum Gasteiger partial charge on any atom is 0.343 e. The highest BCUT2D eigenvalue weighted by atomic mass is 19.1. The number of hydrogen-bond donors (Lipinski definition) is 0. The summed E-state index contributed by atoms with van der Waals surface area (Å²) in [5.41, 5.74) is 1.21. The zero-order chi connectivity index (χ0) is 13.8. The minimum atomic E-state index is -0.493. The maximum absolute atomic E-state index is 12.8. The van der Waals surface area contributed by atoms with Crippen LogP contribution >= 0.6 is 0 Å². The summed E-state index contributed by atoms with van der Waals surface area (Å²) in [7, 11) is 2.98. The predicted molar refractivity (Wildman–Crippen MR) is 63.9 cm³/mol. The normalized spacial score (nSPS) is 10.3. The van der Waals surface area contributed by atoms with Crippen molar-refractivity contribution >= 4 is 5.97 Å². The van der Waals surface area contributed by atoms with Crippen molar-refractivity contribution in [3.8, 4) is 17.3 Å². The van der Waals surface area contributed by atoms with Crippen molar-refractivity contribution in [1.82, 2.24) is 14.8 Å². The van der Waals surface area contributed by atoms with Gasteiger partial charge in [0.25, 0.3) is 0 Å². The molecule has 0 amide bonds. The lowest BCUT2D eigenvalue weighted by molar-refractivity contribution is -0.143. The van der Waals surface area contributed by atoms with E-state index in [1.807, 2.05) is 0 Å². The van der Waals surface area contributed by atoms with Crippen LogP contribution in [0.5, 0.6) is 5.88 Å². The van der Waals surface area contributed by atoms with Crippen LogP contribution < -0.4 is 4.74 Å².